The quantitative estimate of drug-likeness (QED) is 0.681. The first-order valence-electron chi connectivity index (χ1n) is 8.28. The minimum absolute atomic E-state index is 0.0223. The molecular weight excluding hydrogens is 382 g/mol. The summed E-state index contributed by atoms with van der Waals surface area (Å²) in [5.74, 6) is -1.51. The highest BCUT2D eigenvalue weighted by atomic mass is 32.2. The average molecular weight is 401 g/mol. The number of benzene rings is 2. The lowest BCUT2D eigenvalue weighted by Gasteiger charge is -2.14. The predicted octanol–water partition coefficient (Wildman–Crippen LogP) is 1.72. The molecule has 0 radical (unpaired) electrons. The molecule has 1 amide bonds. The predicted molar refractivity (Wildman–Crippen MR) is 102 cm³/mol. The van der Waals surface area contributed by atoms with Gasteiger partial charge in [-0.25, -0.2) is 8.42 Å². The van der Waals surface area contributed by atoms with Crippen LogP contribution < -0.4 is 10.0 Å². The molecule has 0 aliphatic heterocycles. The van der Waals surface area contributed by atoms with Gasteiger partial charge in [0.1, 0.15) is 6.54 Å². The number of rotatable bonds is 7. The van der Waals surface area contributed by atoms with E-state index in [2.05, 4.69) is 10.0 Å². The van der Waals surface area contributed by atoms with Crippen LogP contribution in [-0.2, 0) is 24.3 Å². The first-order chi connectivity index (χ1) is 13.2. The molecule has 28 heavy (non-hydrogen) atoms. The maximum absolute atomic E-state index is 12.1. The van der Waals surface area contributed by atoms with E-state index < -0.39 is 34.5 Å². The zero-order chi connectivity index (χ0) is 20.7. The topological polar surface area (TPSA) is 125 Å². The minimum Gasteiger partial charge on any atom is -0.452 e. The summed E-state index contributed by atoms with van der Waals surface area (Å²) >= 11 is 0. The van der Waals surface area contributed by atoms with Crippen LogP contribution in [0.5, 0.6) is 0 Å². The largest absolute Gasteiger partial charge is 0.452 e. The van der Waals surface area contributed by atoms with Crippen LogP contribution in [0.15, 0.2) is 53.4 Å². The molecule has 0 saturated heterocycles. The van der Waals surface area contributed by atoms with E-state index in [4.69, 9.17) is 10.00 Å². The number of hydrogen-bond donors (Lipinski definition) is 2. The monoisotopic (exact) mass is 401 g/mol. The molecule has 0 aromatic heterocycles. The van der Waals surface area contributed by atoms with Crippen molar-refractivity contribution in [2.75, 3.05) is 11.9 Å². The van der Waals surface area contributed by atoms with Crippen LogP contribution >= 0.6 is 0 Å². The molecule has 2 N–H and O–H groups in total. The zero-order valence-electron chi connectivity index (χ0n) is 15.3. The fourth-order valence-corrected chi connectivity index (χ4v) is 3.13. The number of anilines is 1. The van der Waals surface area contributed by atoms with Crippen LogP contribution in [0.2, 0.25) is 0 Å². The van der Waals surface area contributed by atoms with Gasteiger partial charge < -0.3 is 10.1 Å². The molecule has 0 heterocycles. The van der Waals surface area contributed by atoms with Gasteiger partial charge in [0.15, 0.2) is 6.10 Å². The van der Waals surface area contributed by atoms with Crippen molar-refractivity contribution in [3.63, 3.8) is 0 Å². The lowest BCUT2D eigenvalue weighted by molar-refractivity contribution is -0.151. The lowest BCUT2D eigenvalue weighted by Crippen LogP contribution is -2.35. The third-order valence-electron chi connectivity index (χ3n) is 3.67. The summed E-state index contributed by atoms with van der Waals surface area (Å²) in [5.41, 5.74) is 1.65. The molecule has 0 bridgehead atoms. The number of carbonyl (C=O) groups excluding carboxylic acids is 2. The second-order valence-electron chi connectivity index (χ2n) is 5.95. The number of sulfonamides is 1. The van der Waals surface area contributed by atoms with Gasteiger partial charge in [-0.1, -0.05) is 23.8 Å². The Balaban J connectivity index is 1.88. The molecule has 2 aromatic carbocycles. The Morgan fingerprint density at radius 3 is 2.50 bits per heavy atom. The summed E-state index contributed by atoms with van der Waals surface area (Å²) in [4.78, 5) is 24.0. The van der Waals surface area contributed by atoms with Crippen molar-refractivity contribution < 1.29 is 22.7 Å². The standard InChI is InChI=1S/C19H19N3O5S/c1-13-6-8-17(9-7-13)28(25,26)21-12-18(23)27-14(2)19(24)22-16-5-3-4-15(10-16)11-20/h3-10,14,21H,12H2,1-2H3,(H,22,24)/t14-/m1/s1. The van der Waals surface area contributed by atoms with Gasteiger partial charge >= 0.3 is 5.97 Å². The molecule has 2 rings (SSSR count). The molecule has 0 spiro atoms. The van der Waals surface area contributed by atoms with E-state index in [9.17, 15) is 18.0 Å². The van der Waals surface area contributed by atoms with Crippen molar-refractivity contribution in [1.29, 1.82) is 5.26 Å². The van der Waals surface area contributed by atoms with Gasteiger partial charge in [-0.05, 0) is 44.2 Å². The van der Waals surface area contributed by atoms with Crippen molar-refractivity contribution in [3.05, 3.63) is 59.7 Å². The maximum Gasteiger partial charge on any atom is 0.321 e. The number of aryl methyl sites for hydroxylation is 1. The average Bonchev–Trinajstić information content (AvgIpc) is 2.67. The Hall–Kier alpha value is -3.22. The molecule has 146 valence electrons. The van der Waals surface area contributed by atoms with Crippen molar-refractivity contribution >= 4 is 27.6 Å². The highest BCUT2D eigenvalue weighted by Crippen LogP contribution is 2.11. The Kier molecular flexibility index (Phi) is 6.87. The number of hydrogen-bond acceptors (Lipinski definition) is 6. The maximum atomic E-state index is 12.1. The number of esters is 1. The van der Waals surface area contributed by atoms with E-state index in [1.54, 1.807) is 30.3 Å². The highest BCUT2D eigenvalue weighted by molar-refractivity contribution is 7.89. The van der Waals surface area contributed by atoms with Crippen LogP contribution in [-0.4, -0.2) is 32.9 Å². The van der Waals surface area contributed by atoms with Gasteiger partial charge in [0, 0.05) is 5.69 Å². The van der Waals surface area contributed by atoms with E-state index in [1.165, 1.54) is 25.1 Å². The van der Waals surface area contributed by atoms with Gasteiger partial charge in [0.2, 0.25) is 10.0 Å². The summed E-state index contributed by atoms with van der Waals surface area (Å²) in [6.07, 6.45) is -1.15. The fraction of sp³-hybridized carbons (Fsp3) is 0.211. The van der Waals surface area contributed by atoms with Crippen LogP contribution in [0, 0.1) is 18.3 Å². The number of nitriles is 1. The lowest BCUT2D eigenvalue weighted by atomic mass is 10.2. The smallest absolute Gasteiger partial charge is 0.321 e. The molecule has 8 nitrogen and oxygen atoms in total. The molecule has 0 saturated carbocycles. The van der Waals surface area contributed by atoms with Crippen molar-refractivity contribution in [1.82, 2.24) is 4.72 Å². The Morgan fingerprint density at radius 2 is 1.86 bits per heavy atom. The van der Waals surface area contributed by atoms with Gasteiger partial charge in [-0.2, -0.15) is 9.98 Å². The van der Waals surface area contributed by atoms with Gasteiger partial charge in [-0.3, -0.25) is 9.59 Å². The Labute approximate surface area is 163 Å². The summed E-state index contributed by atoms with van der Waals surface area (Å²) < 4.78 is 31.4. The molecule has 0 unspecified atom stereocenters. The van der Waals surface area contributed by atoms with Crippen molar-refractivity contribution in [2.45, 2.75) is 24.8 Å². The summed E-state index contributed by atoms with van der Waals surface area (Å²) in [6, 6.07) is 14.3. The second-order valence-corrected chi connectivity index (χ2v) is 7.72. The van der Waals surface area contributed by atoms with E-state index in [-0.39, 0.29) is 4.90 Å². The third-order valence-corrected chi connectivity index (χ3v) is 5.09. The molecular formula is C19H19N3O5S. The van der Waals surface area contributed by atoms with Crippen LogP contribution in [0.1, 0.15) is 18.1 Å². The Bertz CT molecular complexity index is 1010. The third kappa shape index (κ3) is 5.90. The number of nitrogens with zero attached hydrogens (tertiary/aromatic N) is 1. The molecule has 0 fully saturated rings. The summed E-state index contributed by atoms with van der Waals surface area (Å²) in [6.45, 7) is 2.57. The first kappa shape index (κ1) is 21.1. The van der Waals surface area contributed by atoms with Gasteiger partial charge in [0.25, 0.3) is 5.91 Å². The van der Waals surface area contributed by atoms with Gasteiger partial charge in [-0.15, -0.1) is 0 Å². The zero-order valence-corrected chi connectivity index (χ0v) is 16.1. The normalized spacial score (nSPS) is 11.9. The Morgan fingerprint density at radius 1 is 1.18 bits per heavy atom. The minimum atomic E-state index is -3.87. The van der Waals surface area contributed by atoms with Crippen molar-refractivity contribution in [2.24, 2.45) is 0 Å². The number of carbonyl (C=O) groups is 2. The van der Waals surface area contributed by atoms with E-state index in [0.29, 0.717) is 11.3 Å². The molecule has 9 heteroatoms. The first-order valence-corrected chi connectivity index (χ1v) is 9.76. The number of nitrogens with one attached hydrogen (secondary N) is 2. The number of ether oxygens (including phenoxy) is 1. The van der Waals surface area contributed by atoms with Crippen LogP contribution in [0.25, 0.3) is 0 Å². The molecule has 0 aliphatic carbocycles. The second kappa shape index (κ2) is 9.12. The highest BCUT2D eigenvalue weighted by Gasteiger charge is 2.20. The van der Waals surface area contributed by atoms with E-state index >= 15 is 0 Å². The fourth-order valence-electron chi connectivity index (χ4n) is 2.16. The van der Waals surface area contributed by atoms with Crippen LogP contribution in [0.3, 0.4) is 0 Å². The van der Waals surface area contributed by atoms with Crippen LogP contribution in [0.4, 0.5) is 5.69 Å². The number of amides is 1. The summed E-state index contributed by atoms with van der Waals surface area (Å²) in [7, 11) is -3.87. The SMILES string of the molecule is Cc1ccc(S(=O)(=O)NCC(=O)O[C@H](C)C(=O)Nc2cccc(C#N)c2)cc1. The van der Waals surface area contributed by atoms with E-state index in [0.717, 1.165) is 5.56 Å². The molecule has 0 aliphatic rings. The molecule has 1 atom stereocenters. The van der Waals surface area contributed by atoms with Crippen molar-refractivity contribution in [3.8, 4) is 6.07 Å². The summed E-state index contributed by atoms with van der Waals surface area (Å²) in [5, 5.41) is 11.4. The van der Waals surface area contributed by atoms with Gasteiger partial charge in [0.05, 0.1) is 16.5 Å². The van der Waals surface area contributed by atoms with E-state index in [1.807, 2.05) is 13.0 Å². The molecule has 2 aromatic rings.